The maximum absolute atomic E-state index is 11.9. The molecule has 20 heavy (non-hydrogen) atoms. The number of nitrogens with zero attached hydrogens (tertiary/aromatic N) is 6. The van der Waals surface area contributed by atoms with Gasteiger partial charge in [0.1, 0.15) is 12.4 Å². The number of carbonyl (C=O) groups is 2. The molecule has 0 unspecified atom stereocenters. The lowest BCUT2D eigenvalue weighted by Gasteiger charge is -2.08. The van der Waals surface area contributed by atoms with Crippen LogP contribution in [0.1, 0.15) is 4.79 Å². The third-order valence-electron chi connectivity index (χ3n) is 2.39. The number of rotatable bonds is 3. The van der Waals surface area contributed by atoms with Crippen LogP contribution in [0.3, 0.4) is 0 Å². The minimum atomic E-state index is -0.358. The number of anilines is 2. The Kier molecular flexibility index (Phi) is 3.64. The number of carbonyl (C=O) groups excluding carboxylic acids is 2. The maximum atomic E-state index is 11.9. The van der Waals surface area contributed by atoms with Gasteiger partial charge in [0.15, 0.2) is 5.82 Å². The highest BCUT2D eigenvalue weighted by molar-refractivity contribution is 5.87. The summed E-state index contributed by atoms with van der Waals surface area (Å²) in [4.78, 5) is 24.6. The van der Waals surface area contributed by atoms with E-state index in [1.165, 1.54) is 28.0 Å². The molecule has 0 aliphatic rings. The molecule has 0 bridgehead atoms. The molecule has 0 fully saturated rings. The van der Waals surface area contributed by atoms with Crippen molar-refractivity contribution in [2.75, 3.05) is 25.1 Å². The number of hydrogen-bond acceptors (Lipinski definition) is 6. The molecular weight excluding hydrogens is 264 g/mol. The summed E-state index contributed by atoms with van der Waals surface area (Å²) in [6.45, 7) is -0.0866. The molecular formula is C10H14N8O2. The van der Waals surface area contributed by atoms with Gasteiger partial charge in [-0.3, -0.25) is 10.1 Å². The zero-order valence-corrected chi connectivity index (χ0v) is 11.0. The Morgan fingerprint density at radius 2 is 2.20 bits per heavy atom. The lowest BCUT2D eigenvalue weighted by molar-refractivity contribution is 0.0872. The molecule has 2 amide bonds. The Morgan fingerprint density at radius 1 is 1.45 bits per heavy atom. The summed E-state index contributed by atoms with van der Waals surface area (Å²) in [6, 6.07) is 1.18. The van der Waals surface area contributed by atoms with Crippen LogP contribution in [-0.2, 0) is 6.54 Å². The van der Waals surface area contributed by atoms with Gasteiger partial charge < -0.3 is 10.6 Å². The molecule has 106 valence electrons. The number of nitrogens with two attached hydrogens (primary N) is 1. The molecule has 0 aliphatic carbocycles. The van der Waals surface area contributed by atoms with Crippen molar-refractivity contribution in [3.8, 4) is 0 Å². The highest BCUT2D eigenvalue weighted by atomic mass is 16.2. The Morgan fingerprint density at radius 3 is 2.80 bits per heavy atom. The first-order valence-corrected chi connectivity index (χ1v) is 5.68. The average Bonchev–Trinajstić information content (AvgIpc) is 2.98. The van der Waals surface area contributed by atoms with E-state index in [4.69, 9.17) is 5.73 Å². The molecule has 2 heterocycles. The molecule has 0 aromatic carbocycles. The number of hydrogen-bond donors (Lipinski definition) is 2. The topological polar surface area (TPSA) is 124 Å². The molecule has 2 aromatic rings. The highest BCUT2D eigenvalue weighted by Gasteiger charge is 2.12. The lowest BCUT2D eigenvalue weighted by Crippen LogP contribution is -2.27. The SMILES string of the molecule is CN(C)C(=O)Nc1cn(CC(=O)n2nccc2N)nn1. The van der Waals surface area contributed by atoms with Crippen molar-refractivity contribution in [1.29, 1.82) is 0 Å². The number of amides is 2. The summed E-state index contributed by atoms with van der Waals surface area (Å²) in [5.41, 5.74) is 5.57. The second kappa shape index (κ2) is 5.38. The van der Waals surface area contributed by atoms with Gasteiger partial charge in [-0.05, 0) is 0 Å². The van der Waals surface area contributed by atoms with E-state index in [1.54, 1.807) is 14.1 Å². The molecule has 0 saturated heterocycles. The van der Waals surface area contributed by atoms with Crippen LogP contribution in [0.4, 0.5) is 16.4 Å². The van der Waals surface area contributed by atoms with Gasteiger partial charge in [0.05, 0.1) is 12.4 Å². The minimum absolute atomic E-state index is 0.0866. The normalized spacial score (nSPS) is 10.3. The fourth-order valence-electron chi connectivity index (χ4n) is 1.38. The van der Waals surface area contributed by atoms with Gasteiger partial charge >= 0.3 is 6.03 Å². The molecule has 10 nitrogen and oxygen atoms in total. The van der Waals surface area contributed by atoms with E-state index in [0.717, 1.165) is 4.68 Å². The first-order chi connectivity index (χ1) is 9.47. The smallest absolute Gasteiger partial charge is 0.322 e. The van der Waals surface area contributed by atoms with Gasteiger partial charge in [-0.2, -0.15) is 9.78 Å². The van der Waals surface area contributed by atoms with Crippen LogP contribution >= 0.6 is 0 Å². The Hall–Kier alpha value is -2.91. The minimum Gasteiger partial charge on any atom is -0.383 e. The van der Waals surface area contributed by atoms with E-state index < -0.39 is 0 Å². The van der Waals surface area contributed by atoms with Crippen LogP contribution in [0.5, 0.6) is 0 Å². The van der Waals surface area contributed by atoms with E-state index in [9.17, 15) is 9.59 Å². The van der Waals surface area contributed by atoms with E-state index in [-0.39, 0.29) is 30.1 Å². The van der Waals surface area contributed by atoms with Crippen LogP contribution in [0.25, 0.3) is 0 Å². The number of nitrogen functional groups attached to an aromatic ring is 1. The molecule has 0 aliphatic heterocycles. The van der Waals surface area contributed by atoms with Crippen LogP contribution in [0.2, 0.25) is 0 Å². The molecule has 0 radical (unpaired) electrons. The number of aromatic nitrogens is 5. The second-order valence-corrected chi connectivity index (χ2v) is 4.19. The quantitative estimate of drug-likeness (QED) is 0.779. The van der Waals surface area contributed by atoms with Crippen LogP contribution in [0.15, 0.2) is 18.5 Å². The molecule has 0 spiro atoms. The van der Waals surface area contributed by atoms with E-state index in [2.05, 4.69) is 20.7 Å². The van der Waals surface area contributed by atoms with E-state index in [0.29, 0.717) is 0 Å². The largest absolute Gasteiger partial charge is 0.383 e. The fraction of sp³-hybridized carbons (Fsp3) is 0.300. The van der Waals surface area contributed by atoms with Gasteiger partial charge in [0.2, 0.25) is 0 Å². The summed E-state index contributed by atoms with van der Waals surface area (Å²) in [5.74, 6) is 0.143. The predicted molar refractivity (Wildman–Crippen MR) is 70.0 cm³/mol. The molecule has 2 aromatic heterocycles. The summed E-state index contributed by atoms with van der Waals surface area (Å²) < 4.78 is 2.36. The first kappa shape index (κ1) is 13.5. The lowest BCUT2D eigenvalue weighted by atomic mass is 10.5. The molecule has 10 heteroatoms. The summed E-state index contributed by atoms with van der Waals surface area (Å²) in [7, 11) is 3.20. The zero-order valence-electron chi connectivity index (χ0n) is 11.0. The van der Waals surface area contributed by atoms with Crippen molar-refractivity contribution < 1.29 is 9.59 Å². The molecule has 0 atom stereocenters. The molecule has 2 rings (SSSR count). The van der Waals surface area contributed by atoms with Crippen molar-refractivity contribution in [2.45, 2.75) is 6.54 Å². The van der Waals surface area contributed by atoms with Gasteiger partial charge in [-0.1, -0.05) is 5.21 Å². The standard InChI is InChI=1S/C10H14N8O2/c1-16(2)10(20)13-8-5-17(15-14-8)6-9(19)18-7(11)3-4-12-18/h3-5H,6,11H2,1-2H3,(H,13,20). The fourth-order valence-corrected chi connectivity index (χ4v) is 1.38. The summed E-state index contributed by atoms with van der Waals surface area (Å²) in [5, 5.41) is 13.8. The predicted octanol–water partition coefficient (Wildman–Crippen LogP) is -0.509. The zero-order chi connectivity index (χ0) is 14.7. The Labute approximate surface area is 114 Å². The first-order valence-electron chi connectivity index (χ1n) is 5.68. The summed E-state index contributed by atoms with van der Waals surface area (Å²) >= 11 is 0. The van der Waals surface area contributed by atoms with Crippen molar-refractivity contribution in [3.05, 3.63) is 18.5 Å². The van der Waals surface area contributed by atoms with Crippen molar-refractivity contribution in [3.63, 3.8) is 0 Å². The average molecular weight is 278 g/mol. The van der Waals surface area contributed by atoms with Gasteiger partial charge in [-0.15, -0.1) is 5.10 Å². The second-order valence-electron chi connectivity index (χ2n) is 4.19. The van der Waals surface area contributed by atoms with E-state index >= 15 is 0 Å². The highest BCUT2D eigenvalue weighted by Crippen LogP contribution is 2.03. The van der Waals surface area contributed by atoms with Gasteiger partial charge in [-0.25, -0.2) is 9.48 Å². The van der Waals surface area contributed by atoms with Gasteiger partial charge in [0.25, 0.3) is 5.91 Å². The van der Waals surface area contributed by atoms with Crippen molar-refractivity contribution >= 4 is 23.6 Å². The summed E-state index contributed by atoms with van der Waals surface area (Å²) in [6.07, 6.45) is 2.87. The monoisotopic (exact) mass is 278 g/mol. The van der Waals surface area contributed by atoms with E-state index in [1.807, 2.05) is 0 Å². The Bertz CT molecular complexity index is 629. The van der Waals surface area contributed by atoms with Crippen molar-refractivity contribution in [1.82, 2.24) is 29.7 Å². The molecule has 0 saturated carbocycles. The third-order valence-corrected chi connectivity index (χ3v) is 2.39. The maximum Gasteiger partial charge on any atom is 0.322 e. The van der Waals surface area contributed by atoms with Crippen LogP contribution < -0.4 is 11.1 Å². The third kappa shape index (κ3) is 2.91. The number of nitrogens with one attached hydrogen (secondary N) is 1. The molecule has 3 N–H and O–H groups in total. The number of urea groups is 1. The Balaban J connectivity index is 2.01. The van der Waals surface area contributed by atoms with Crippen molar-refractivity contribution in [2.24, 2.45) is 0 Å². The van der Waals surface area contributed by atoms with Gasteiger partial charge in [0, 0.05) is 20.2 Å². The van der Waals surface area contributed by atoms with Crippen LogP contribution in [-0.4, -0.2) is 55.7 Å². The van der Waals surface area contributed by atoms with Crippen LogP contribution in [0, 0.1) is 0 Å².